The van der Waals surface area contributed by atoms with Crippen LogP contribution in [0.4, 0.5) is 0 Å². The van der Waals surface area contributed by atoms with Gasteiger partial charge < -0.3 is 9.57 Å². The second-order valence-corrected chi connectivity index (χ2v) is 5.65. The topological polar surface area (TPSA) is 55.8 Å². The Morgan fingerprint density at radius 1 is 0.810 bits per heavy atom. The minimum Gasteiger partial charge on any atom is -0.469 e. The normalized spacial score (nSPS) is 15.7. The van der Waals surface area contributed by atoms with Crippen molar-refractivity contribution in [3.63, 3.8) is 0 Å². The van der Waals surface area contributed by atoms with Gasteiger partial charge in [0.05, 0.1) is 7.11 Å². The summed E-state index contributed by atoms with van der Waals surface area (Å²) >= 11 is 0. The molecule has 0 spiro atoms. The van der Waals surface area contributed by atoms with Crippen LogP contribution in [0.15, 0.2) is 0 Å². The lowest BCUT2D eigenvalue weighted by molar-refractivity contribution is -0.194. The fourth-order valence-electron chi connectivity index (χ4n) is 2.49. The second kappa shape index (κ2) is 11.5. The molecule has 1 fully saturated rings. The molecule has 0 bridgehead atoms. The van der Waals surface area contributed by atoms with E-state index in [-0.39, 0.29) is 11.9 Å². The highest BCUT2D eigenvalue weighted by Gasteiger charge is 2.14. The molecule has 0 aromatic rings. The van der Waals surface area contributed by atoms with Gasteiger partial charge in [0.15, 0.2) is 0 Å². The van der Waals surface area contributed by atoms with E-state index in [1.165, 1.54) is 13.5 Å². The Hall–Kier alpha value is -1.10. The van der Waals surface area contributed by atoms with Crippen molar-refractivity contribution in [2.75, 3.05) is 20.2 Å². The molecule has 0 aliphatic carbocycles. The molecule has 122 valence electrons. The van der Waals surface area contributed by atoms with Gasteiger partial charge in [-0.05, 0) is 25.7 Å². The number of esters is 1. The number of nitrogens with zero attached hydrogens (tertiary/aromatic N) is 1. The first kappa shape index (κ1) is 18.0. The van der Waals surface area contributed by atoms with Crippen LogP contribution >= 0.6 is 0 Å². The number of hydrogen-bond donors (Lipinski definition) is 0. The van der Waals surface area contributed by atoms with Crippen molar-refractivity contribution < 1.29 is 19.2 Å². The molecule has 0 radical (unpaired) electrons. The summed E-state index contributed by atoms with van der Waals surface area (Å²) in [5.74, 6) is -0.224. The molecule has 0 atom stereocenters. The molecule has 21 heavy (non-hydrogen) atoms. The molecule has 0 aromatic heterocycles. The van der Waals surface area contributed by atoms with Gasteiger partial charge in [-0.3, -0.25) is 9.59 Å². The first-order valence-electron chi connectivity index (χ1n) is 8.25. The lowest BCUT2D eigenvalue weighted by Crippen LogP contribution is -2.32. The van der Waals surface area contributed by atoms with Crippen molar-refractivity contribution in [1.82, 2.24) is 5.06 Å². The quantitative estimate of drug-likeness (QED) is 0.458. The molecule has 1 aliphatic heterocycles. The Kier molecular flexibility index (Phi) is 9.87. The van der Waals surface area contributed by atoms with Crippen LogP contribution in [0.25, 0.3) is 0 Å². The van der Waals surface area contributed by atoms with Gasteiger partial charge >= 0.3 is 11.9 Å². The number of hydroxylamine groups is 2. The van der Waals surface area contributed by atoms with Crippen LogP contribution in [-0.4, -0.2) is 37.2 Å². The van der Waals surface area contributed by atoms with Crippen LogP contribution in [0.5, 0.6) is 0 Å². The molecular formula is C16H29NO4. The summed E-state index contributed by atoms with van der Waals surface area (Å²) in [6.07, 6.45) is 10.6. The number of carbonyl (C=O) groups excluding carboxylic acids is 2. The number of rotatable bonds is 10. The molecular weight excluding hydrogens is 270 g/mol. The van der Waals surface area contributed by atoms with Gasteiger partial charge in [-0.15, -0.1) is 5.06 Å². The Labute approximate surface area is 127 Å². The maximum atomic E-state index is 11.6. The van der Waals surface area contributed by atoms with Crippen molar-refractivity contribution in [3.8, 4) is 0 Å². The summed E-state index contributed by atoms with van der Waals surface area (Å²) in [4.78, 5) is 27.9. The van der Waals surface area contributed by atoms with Crippen molar-refractivity contribution in [2.24, 2.45) is 0 Å². The average Bonchev–Trinajstić information content (AvgIpc) is 2.50. The largest absolute Gasteiger partial charge is 0.469 e. The van der Waals surface area contributed by atoms with Crippen LogP contribution in [0.2, 0.25) is 0 Å². The van der Waals surface area contributed by atoms with Gasteiger partial charge in [-0.1, -0.05) is 32.1 Å². The van der Waals surface area contributed by atoms with E-state index in [1.54, 1.807) is 5.06 Å². The highest BCUT2D eigenvalue weighted by molar-refractivity contribution is 5.69. The fraction of sp³-hybridized carbons (Fsp3) is 0.875. The Balaban J connectivity index is 1.87. The molecule has 1 saturated heterocycles. The Bertz CT molecular complexity index is 301. The van der Waals surface area contributed by atoms with E-state index in [0.717, 1.165) is 64.5 Å². The van der Waals surface area contributed by atoms with Gasteiger partial charge in [0, 0.05) is 25.9 Å². The minimum absolute atomic E-state index is 0.0948. The lowest BCUT2D eigenvalue weighted by Gasteiger charge is -2.24. The molecule has 1 heterocycles. The maximum Gasteiger partial charge on any atom is 0.325 e. The Morgan fingerprint density at radius 2 is 1.33 bits per heavy atom. The number of methoxy groups -OCH3 is 1. The zero-order chi connectivity index (χ0) is 15.3. The van der Waals surface area contributed by atoms with Gasteiger partial charge in [0.25, 0.3) is 0 Å². The molecule has 0 N–H and O–H groups in total. The van der Waals surface area contributed by atoms with Gasteiger partial charge in [-0.25, -0.2) is 0 Å². The highest BCUT2D eigenvalue weighted by Crippen LogP contribution is 2.12. The van der Waals surface area contributed by atoms with E-state index in [2.05, 4.69) is 4.74 Å². The zero-order valence-electron chi connectivity index (χ0n) is 13.3. The summed E-state index contributed by atoms with van der Waals surface area (Å²) in [5.41, 5.74) is 0. The van der Waals surface area contributed by atoms with Crippen LogP contribution < -0.4 is 0 Å². The number of ether oxygens (including phenoxy) is 1. The number of carbonyl (C=O) groups is 2. The smallest absolute Gasteiger partial charge is 0.325 e. The molecule has 0 amide bonds. The van der Waals surface area contributed by atoms with E-state index in [4.69, 9.17) is 4.84 Å². The lowest BCUT2D eigenvalue weighted by atomic mass is 10.1. The molecule has 0 aromatic carbocycles. The predicted molar refractivity (Wildman–Crippen MR) is 80.5 cm³/mol. The van der Waals surface area contributed by atoms with Crippen LogP contribution in [0.1, 0.15) is 70.6 Å². The predicted octanol–water partition coefficient (Wildman–Crippen LogP) is 3.22. The third-order valence-corrected chi connectivity index (χ3v) is 3.79. The summed E-state index contributed by atoms with van der Waals surface area (Å²) in [6, 6.07) is 0. The standard InChI is InChI=1S/C16H29NO4/c1-20-15(18)11-7-4-2-3-5-8-12-16(19)21-17-13-9-6-10-14-17/h2-14H2,1H3. The van der Waals surface area contributed by atoms with Crippen molar-refractivity contribution in [1.29, 1.82) is 0 Å². The molecule has 5 nitrogen and oxygen atoms in total. The summed E-state index contributed by atoms with van der Waals surface area (Å²) in [5, 5.41) is 1.80. The van der Waals surface area contributed by atoms with Crippen molar-refractivity contribution >= 4 is 11.9 Å². The summed E-state index contributed by atoms with van der Waals surface area (Å²) in [6.45, 7) is 1.76. The number of unbranched alkanes of at least 4 members (excludes halogenated alkanes) is 5. The van der Waals surface area contributed by atoms with E-state index < -0.39 is 0 Å². The maximum absolute atomic E-state index is 11.6. The first-order valence-corrected chi connectivity index (χ1v) is 8.25. The molecule has 0 unspecified atom stereocenters. The van der Waals surface area contributed by atoms with E-state index in [9.17, 15) is 9.59 Å². The van der Waals surface area contributed by atoms with Crippen LogP contribution in [-0.2, 0) is 19.2 Å². The summed E-state index contributed by atoms with van der Waals surface area (Å²) < 4.78 is 4.59. The van der Waals surface area contributed by atoms with Gasteiger partial charge in [0.1, 0.15) is 0 Å². The van der Waals surface area contributed by atoms with E-state index >= 15 is 0 Å². The Morgan fingerprint density at radius 3 is 1.90 bits per heavy atom. The third kappa shape index (κ3) is 9.45. The second-order valence-electron chi connectivity index (χ2n) is 5.65. The third-order valence-electron chi connectivity index (χ3n) is 3.79. The van der Waals surface area contributed by atoms with E-state index in [0.29, 0.717) is 12.8 Å². The van der Waals surface area contributed by atoms with Crippen molar-refractivity contribution in [3.05, 3.63) is 0 Å². The van der Waals surface area contributed by atoms with Crippen LogP contribution in [0, 0.1) is 0 Å². The monoisotopic (exact) mass is 299 g/mol. The molecule has 5 heteroatoms. The number of hydrogen-bond acceptors (Lipinski definition) is 5. The van der Waals surface area contributed by atoms with Gasteiger partial charge in [0.2, 0.25) is 0 Å². The SMILES string of the molecule is COC(=O)CCCCCCCCC(=O)ON1CCCCC1. The van der Waals surface area contributed by atoms with E-state index in [1.807, 2.05) is 0 Å². The summed E-state index contributed by atoms with van der Waals surface area (Å²) in [7, 11) is 1.42. The first-order chi connectivity index (χ1) is 10.2. The van der Waals surface area contributed by atoms with Crippen molar-refractivity contribution in [2.45, 2.75) is 70.6 Å². The zero-order valence-corrected chi connectivity index (χ0v) is 13.3. The fourth-order valence-corrected chi connectivity index (χ4v) is 2.49. The molecule has 1 aliphatic rings. The van der Waals surface area contributed by atoms with Crippen LogP contribution in [0.3, 0.4) is 0 Å². The molecule has 0 saturated carbocycles. The molecule has 1 rings (SSSR count). The minimum atomic E-state index is -0.129. The highest BCUT2D eigenvalue weighted by atomic mass is 16.7. The van der Waals surface area contributed by atoms with Gasteiger partial charge in [-0.2, -0.15) is 0 Å². The average molecular weight is 299 g/mol. The number of piperidine rings is 1.